The van der Waals surface area contributed by atoms with Gasteiger partial charge in [-0.1, -0.05) is 6.92 Å². The van der Waals surface area contributed by atoms with Gasteiger partial charge in [-0.3, -0.25) is 14.9 Å². The number of aromatic nitrogens is 4. The van der Waals surface area contributed by atoms with E-state index >= 15 is 0 Å². The van der Waals surface area contributed by atoms with E-state index in [0.717, 1.165) is 11.3 Å². The molecule has 3 aromatic heterocycles. The number of nitrogens with one attached hydrogen (secondary N) is 2. The van der Waals surface area contributed by atoms with Gasteiger partial charge in [0.05, 0.1) is 11.6 Å². The highest BCUT2D eigenvalue weighted by molar-refractivity contribution is 6.00. The van der Waals surface area contributed by atoms with Crippen molar-refractivity contribution in [3.8, 4) is 11.1 Å². The van der Waals surface area contributed by atoms with E-state index in [9.17, 15) is 9.18 Å². The molecular weight excluding hydrogens is 395 g/mol. The van der Waals surface area contributed by atoms with Crippen LogP contribution in [0, 0.1) is 24.6 Å². The molecule has 156 valence electrons. The number of carbonyl (C=O) groups is 1. The van der Waals surface area contributed by atoms with Gasteiger partial charge >= 0.3 is 0 Å². The van der Waals surface area contributed by atoms with Crippen molar-refractivity contribution < 1.29 is 9.18 Å². The quantitative estimate of drug-likeness (QED) is 0.435. The molecule has 0 spiro atoms. The number of rotatable bonds is 4. The summed E-state index contributed by atoms with van der Waals surface area (Å²) < 4.78 is 15.0. The number of aromatic amines is 1. The minimum Gasteiger partial charge on any atom is -0.396 e. The van der Waals surface area contributed by atoms with Crippen molar-refractivity contribution >= 4 is 28.2 Å². The third kappa shape index (κ3) is 3.20. The van der Waals surface area contributed by atoms with Crippen molar-refractivity contribution in [3.05, 3.63) is 66.1 Å². The van der Waals surface area contributed by atoms with Crippen LogP contribution in [-0.2, 0) is 4.79 Å². The topological polar surface area (TPSA) is 110 Å². The Labute approximate surface area is 177 Å². The van der Waals surface area contributed by atoms with Crippen LogP contribution in [0.4, 0.5) is 15.9 Å². The molecule has 5 rings (SSSR count). The van der Waals surface area contributed by atoms with Gasteiger partial charge in [0.25, 0.3) is 0 Å². The van der Waals surface area contributed by atoms with Gasteiger partial charge in [-0.2, -0.15) is 5.10 Å². The molecule has 4 N–H and O–H groups in total. The molecular formula is C23H21FN6O. The fourth-order valence-electron chi connectivity index (χ4n) is 4.31. The van der Waals surface area contributed by atoms with Crippen molar-refractivity contribution in [1.29, 1.82) is 0 Å². The first-order valence-electron chi connectivity index (χ1n) is 10.0. The van der Waals surface area contributed by atoms with Gasteiger partial charge < -0.3 is 11.1 Å². The van der Waals surface area contributed by atoms with Gasteiger partial charge in [0, 0.05) is 52.9 Å². The molecule has 8 heteroatoms. The summed E-state index contributed by atoms with van der Waals surface area (Å²) in [6.07, 6.45) is 6.46. The highest BCUT2D eigenvalue weighted by atomic mass is 19.1. The molecule has 4 aromatic rings. The lowest BCUT2D eigenvalue weighted by Gasteiger charge is -2.12. The zero-order chi connectivity index (χ0) is 21.7. The lowest BCUT2D eigenvalue weighted by molar-refractivity contribution is -0.117. The molecule has 1 aliphatic carbocycles. The Bertz CT molecular complexity index is 1300. The van der Waals surface area contributed by atoms with Gasteiger partial charge in [-0.05, 0) is 48.1 Å². The SMILES string of the molecule is Cc1ccncc1-c1cc2cc(NC(=O)[C@H]3[C@@H](C)[C@@H]3c3ccn[nH]3)ncc2c(N)c1F. The largest absolute Gasteiger partial charge is 0.396 e. The highest BCUT2D eigenvalue weighted by Crippen LogP contribution is 2.53. The first kappa shape index (κ1) is 19.2. The molecule has 0 aliphatic heterocycles. The highest BCUT2D eigenvalue weighted by Gasteiger charge is 2.53. The summed E-state index contributed by atoms with van der Waals surface area (Å²) >= 11 is 0. The fraction of sp³-hybridized carbons (Fsp3) is 0.217. The predicted molar refractivity (Wildman–Crippen MR) is 117 cm³/mol. The molecule has 0 unspecified atom stereocenters. The summed E-state index contributed by atoms with van der Waals surface area (Å²) in [7, 11) is 0. The predicted octanol–water partition coefficient (Wildman–Crippen LogP) is 4.04. The van der Waals surface area contributed by atoms with Crippen LogP contribution in [0.25, 0.3) is 21.9 Å². The van der Waals surface area contributed by atoms with Gasteiger partial charge in [0.15, 0.2) is 5.82 Å². The molecule has 3 heterocycles. The molecule has 1 amide bonds. The zero-order valence-corrected chi connectivity index (χ0v) is 17.1. The van der Waals surface area contributed by atoms with E-state index in [1.807, 2.05) is 26.0 Å². The lowest BCUT2D eigenvalue weighted by atomic mass is 9.98. The van der Waals surface area contributed by atoms with Crippen LogP contribution in [0.3, 0.4) is 0 Å². The summed E-state index contributed by atoms with van der Waals surface area (Å²) in [6.45, 7) is 3.93. The number of fused-ring (bicyclic) bond motifs is 1. The van der Waals surface area contributed by atoms with Gasteiger partial charge in [0.1, 0.15) is 5.82 Å². The number of hydrogen-bond donors (Lipinski definition) is 3. The molecule has 1 aromatic carbocycles. The normalized spacial score (nSPS) is 20.0. The Morgan fingerprint density at radius 2 is 2.03 bits per heavy atom. The number of carbonyl (C=O) groups excluding carboxylic acids is 1. The summed E-state index contributed by atoms with van der Waals surface area (Å²) in [5.41, 5.74) is 8.99. The van der Waals surface area contributed by atoms with Crippen LogP contribution in [0.5, 0.6) is 0 Å². The molecule has 3 atom stereocenters. The Kier molecular flexibility index (Phi) is 4.43. The van der Waals surface area contributed by atoms with Crippen LogP contribution in [0.2, 0.25) is 0 Å². The fourth-order valence-corrected chi connectivity index (χ4v) is 4.31. The van der Waals surface area contributed by atoms with E-state index < -0.39 is 5.82 Å². The Morgan fingerprint density at radius 1 is 1.19 bits per heavy atom. The molecule has 1 fully saturated rings. The summed E-state index contributed by atoms with van der Waals surface area (Å²) in [5, 5.41) is 11.0. The third-order valence-corrected chi connectivity index (χ3v) is 6.14. The van der Waals surface area contributed by atoms with E-state index in [4.69, 9.17) is 5.73 Å². The van der Waals surface area contributed by atoms with Gasteiger partial charge in [-0.25, -0.2) is 9.37 Å². The summed E-state index contributed by atoms with van der Waals surface area (Å²) in [5.74, 6) is -0.0166. The van der Waals surface area contributed by atoms with Crippen molar-refractivity contribution in [3.63, 3.8) is 0 Å². The number of nitrogen functional groups attached to an aromatic ring is 1. The molecule has 1 saturated carbocycles. The van der Waals surface area contributed by atoms with Crippen molar-refractivity contribution in [2.75, 3.05) is 11.1 Å². The number of nitrogens with two attached hydrogens (primary N) is 1. The van der Waals surface area contributed by atoms with Crippen LogP contribution in [-0.4, -0.2) is 26.1 Å². The number of hydrogen-bond acceptors (Lipinski definition) is 5. The Hall–Kier alpha value is -3.81. The monoisotopic (exact) mass is 416 g/mol. The van der Waals surface area contributed by atoms with E-state index in [-0.39, 0.29) is 29.3 Å². The second-order valence-electron chi connectivity index (χ2n) is 8.04. The molecule has 0 radical (unpaired) electrons. The summed E-state index contributed by atoms with van der Waals surface area (Å²) in [4.78, 5) is 21.2. The van der Waals surface area contributed by atoms with Crippen LogP contribution in [0.1, 0.15) is 24.1 Å². The number of aryl methyl sites for hydroxylation is 1. The number of anilines is 2. The van der Waals surface area contributed by atoms with Crippen molar-refractivity contribution in [2.24, 2.45) is 11.8 Å². The van der Waals surface area contributed by atoms with E-state index in [1.54, 1.807) is 30.7 Å². The Balaban J connectivity index is 1.47. The standard InChI is InChI=1S/C23H21FN6O/c1-11-3-5-26-9-15(11)14-7-13-8-18(27-10-16(13)22(25)21(14)24)29-23(31)20-12(2)19(20)17-4-6-28-30-17/h3-10,12,19-20H,25H2,1-2H3,(H,28,30)(H,27,29,31)/t12-,19+,20-/m0/s1. The first-order valence-corrected chi connectivity index (χ1v) is 10.0. The van der Waals surface area contributed by atoms with Crippen LogP contribution >= 0.6 is 0 Å². The van der Waals surface area contributed by atoms with Gasteiger partial charge in [-0.15, -0.1) is 0 Å². The number of benzene rings is 1. The van der Waals surface area contributed by atoms with E-state index in [1.165, 1.54) is 6.20 Å². The maximum Gasteiger partial charge on any atom is 0.229 e. The minimum atomic E-state index is -0.503. The van der Waals surface area contributed by atoms with Crippen molar-refractivity contribution in [1.82, 2.24) is 20.2 Å². The molecule has 0 bridgehead atoms. The Morgan fingerprint density at radius 3 is 2.77 bits per heavy atom. The lowest BCUT2D eigenvalue weighted by Crippen LogP contribution is -2.16. The van der Waals surface area contributed by atoms with Crippen LogP contribution in [0.15, 0.2) is 49.1 Å². The second-order valence-corrected chi connectivity index (χ2v) is 8.04. The first-order chi connectivity index (χ1) is 15.0. The number of halogens is 1. The molecule has 7 nitrogen and oxygen atoms in total. The minimum absolute atomic E-state index is 0.0243. The van der Waals surface area contributed by atoms with Crippen LogP contribution < -0.4 is 11.1 Å². The molecule has 1 aliphatic rings. The van der Waals surface area contributed by atoms with Crippen molar-refractivity contribution in [2.45, 2.75) is 19.8 Å². The second kappa shape index (κ2) is 7.16. The van der Waals surface area contributed by atoms with E-state index in [0.29, 0.717) is 27.7 Å². The average Bonchev–Trinajstić information content (AvgIpc) is 3.16. The molecule has 0 saturated heterocycles. The van der Waals surface area contributed by atoms with Gasteiger partial charge in [0.2, 0.25) is 5.91 Å². The third-order valence-electron chi connectivity index (χ3n) is 6.14. The zero-order valence-electron chi connectivity index (χ0n) is 17.1. The maximum absolute atomic E-state index is 15.0. The summed E-state index contributed by atoms with van der Waals surface area (Å²) in [6, 6.07) is 7.15. The average molecular weight is 416 g/mol. The number of amides is 1. The number of pyridine rings is 2. The maximum atomic E-state index is 15.0. The number of H-pyrrole nitrogens is 1. The van der Waals surface area contributed by atoms with E-state index in [2.05, 4.69) is 25.5 Å². The molecule has 31 heavy (non-hydrogen) atoms. The smallest absolute Gasteiger partial charge is 0.229 e. The number of nitrogens with zero attached hydrogens (tertiary/aromatic N) is 3.